The predicted octanol–water partition coefficient (Wildman–Crippen LogP) is 2.29. The zero-order valence-corrected chi connectivity index (χ0v) is 15.6. The predicted molar refractivity (Wildman–Crippen MR) is 102 cm³/mol. The minimum absolute atomic E-state index is 0.0408. The Balaban J connectivity index is 1.57. The number of nitrogens with zero attached hydrogens (tertiary/aromatic N) is 4. The van der Waals surface area contributed by atoms with Crippen LogP contribution in [0.25, 0.3) is 0 Å². The molecule has 2 aromatic heterocycles. The third-order valence-corrected chi connectivity index (χ3v) is 5.01. The second-order valence-corrected chi connectivity index (χ2v) is 6.97. The van der Waals surface area contributed by atoms with E-state index in [1.54, 1.807) is 40.2 Å². The van der Waals surface area contributed by atoms with Crippen LogP contribution in [0, 0.1) is 5.82 Å². The fourth-order valence-electron chi connectivity index (χ4n) is 3.56. The van der Waals surface area contributed by atoms with E-state index >= 15 is 0 Å². The summed E-state index contributed by atoms with van der Waals surface area (Å²) in [5.41, 5.74) is 2.96. The smallest absolute Gasteiger partial charge is 0.356 e. The van der Waals surface area contributed by atoms with E-state index in [4.69, 9.17) is 0 Å². The molecule has 0 saturated carbocycles. The van der Waals surface area contributed by atoms with E-state index in [0.717, 1.165) is 16.8 Å². The molecule has 3 aromatic rings. The van der Waals surface area contributed by atoms with E-state index in [9.17, 15) is 19.1 Å². The highest BCUT2D eigenvalue weighted by Crippen LogP contribution is 2.24. The molecule has 148 valence electrons. The number of fused-ring (bicyclic) bond motifs is 1. The lowest BCUT2D eigenvalue weighted by Gasteiger charge is -2.28. The van der Waals surface area contributed by atoms with Crippen molar-refractivity contribution in [3.05, 3.63) is 82.7 Å². The van der Waals surface area contributed by atoms with Crippen LogP contribution in [0.1, 0.15) is 32.9 Å². The molecule has 1 N–H and O–H groups in total. The lowest BCUT2D eigenvalue weighted by atomic mass is 10.0. The lowest BCUT2D eigenvalue weighted by Crippen LogP contribution is -2.37. The summed E-state index contributed by atoms with van der Waals surface area (Å²) >= 11 is 0. The second-order valence-electron chi connectivity index (χ2n) is 6.97. The monoisotopic (exact) mass is 394 g/mol. The first kappa shape index (κ1) is 18.8. The van der Waals surface area contributed by atoms with E-state index < -0.39 is 5.97 Å². The number of carboxylic acid groups (broad SMARTS) is 1. The maximum atomic E-state index is 13.1. The molecule has 0 aliphatic carbocycles. The molecule has 1 amide bonds. The zero-order chi connectivity index (χ0) is 20.4. The fourth-order valence-corrected chi connectivity index (χ4v) is 3.56. The average molecular weight is 394 g/mol. The van der Waals surface area contributed by atoms with Crippen LogP contribution in [0.3, 0.4) is 0 Å². The number of hydrogen-bond donors (Lipinski definition) is 1. The normalized spacial score (nSPS) is 13.2. The lowest BCUT2D eigenvalue weighted by molar-refractivity contribution is -0.131. The van der Waals surface area contributed by atoms with Crippen LogP contribution in [0.2, 0.25) is 0 Å². The topological polar surface area (TPSA) is 88.3 Å². The minimum atomic E-state index is -1.12. The Bertz CT molecular complexity index is 1050. The van der Waals surface area contributed by atoms with Crippen molar-refractivity contribution in [2.24, 2.45) is 0 Å². The molecule has 7 nitrogen and oxygen atoms in total. The first-order valence-electron chi connectivity index (χ1n) is 9.24. The largest absolute Gasteiger partial charge is 0.476 e. The molecule has 1 aliphatic rings. The van der Waals surface area contributed by atoms with Gasteiger partial charge in [0.25, 0.3) is 0 Å². The van der Waals surface area contributed by atoms with Crippen molar-refractivity contribution >= 4 is 11.9 Å². The van der Waals surface area contributed by atoms with E-state index in [1.165, 1.54) is 12.1 Å². The summed E-state index contributed by atoms with van der Waals surface area (Å²) in [6.07, 6.45) is 4.03. The second kappa shape index (κ2) is 7.83. The number of amides is 1. The molecule has 8 heteroatoms. The van der Waals surface area contributed by atoms with Gasteiger partial charge < -0.3 is 10.0 Å². The van der Waals surface area contributed by atoms with Gasteiger partial charge in [-0.15, -0.1) is 0 Å². The van der Waals surface area contributed by atoms with Crippen LogP contribution in [0.4, 0.5) is 4.39 Å². The summed E-state index contributed by atoms with van der Waals surface area (Å²) in [4.78, 5) is 30.1. The van der Waals surface area contributed by atoms with Crippen LogP contribution in [-0.2, 0) is 30.7 Å². The Hall–Kier alpha value is -3.55. The van der Waals surface area contributed by atoms with E-state index in [2.05, 4.69) is 10.1 Å². The molecular weight excluding hydrogens is 375 g/mol. The highest BCUT2D eigenvalue weighted by Gasteiger charge is 2.30. The number of aromatic nitrogens is 3. The first-order valence-corrected chi connectivity index (χ1v) is 9.24. The summed E-state index contributed by atoms with van der Waals surface area (Å²) in [6, 6.07) is 9.64. The third kappa shape index (κ3) is 4.01. The van der Waals surface area contributed by atoms with Gasteiger partial charge in [0, 0.05) is 43.2 Å². The summed E-state index contributed by atoms with van der Waals surface area (Å²) in [6.45, 7) is 1.04. The maximum Gasteiger partial charge on any atom is 0.356 e. The highest BCUT2D eigenvalue weighted by atomic mass is 19.1. The highest BCUT2D eigenvalue weighted by molar-refractivity contribution is 5.88. The number of hydrogen-bond acceptors (Lipinski definition) is 4. The molecule has 0 saturated heterocycles. The maximum absolute atomic E-state index is 13.1. The Morgan fingerprint density at radius 1 is 1.14 bits per heavy atom. The van der Waals surface area contributed by atoms with Crippen LogP contribution < -0.4 is 0 Å². The van der Waals surface area contributed by atoms with Gasteiger partial charge in [-0.2, -0.15) is 5.10 Å². The number of carboxylic acids is 1. The van der Waals surface area contributed by atoms with Crippen LogP contribution in [-0.4, -0.2) is 43.2 Å². The van der Waals surface area contributed by atoms with E-state index in [-0.39, 0.29) is 30.4 Å². The summed E-state index contributed by atoms with van der Waals surface area (Å²) in [5.74, 6) is -1.53. The van der Waals surface area contributed by atoms with Gasteiger partial charge in [0.15, 0.2) is 5.69 Å². The third-order valence-electron chi connectivity index (χ3n) is 5.01. The minimum Gasteiger partial charge on any atom is -0.476 e. The molecule has 1 aliphatic heterocycles. The van der Waals surface area contributed by atoms with Gasteiger partial charge in [-0.25, -0.2) is 9.18 Å². The van der Waals surface area contributed by atoms with Crippen molar-refractivity contribution < 1.29 is 19.1 Å². The average Bonchev–Trinajstić information content (AvgIpc) is 3.08. The molecule has 4 rings (SSSR count). The van der Waals surface area contributed by atoms with Gasteiger partial charge in [-0.3, -0.25) is 14.5 Å². The van der Waals surface area contributed by atoms with Crippen molar-refractivity contribution in [2.45, 2.75) is 25.9 Å². The number of rotatable bonds is 5. The summed E-state index contributed by atoms with van der Waals surface area (Å²) < 4.78 is 14.8. The van der Waals surface area contributed by atoms with E-state index in [0.29, 0.717) is 25.1 Å². The van der Waals surface area contributed by atoms with Gasteiger partial charge in [0.05, 0.1) is 13.0 Å². The zero-order valence-electron chi connectivity index (χ0n) is 15.6. The van der Waals surface area contributed by atoms with Crippen LogP contribution >= 0.6 is 0 Å². The standard InChI is InChI=1S/C21H19FN4O3/c22-16-5-3-14(4-6-16)12-26-18-7-9-25(13-17(18)20(24-26)21(28)29)19(27)10-15-2-1-8-23-11-15/h1-6,8,11H,7,9-10,12-13H2,(H,28,29). The van der Waals surface area contributed by atoms with Gasteiger partial charge in [0.2, 0.25) is 5.91 Å². The van der Waals surface area contributed by atoms with Crippen molar-refractivity contribution in [2.75, 3.05) is 6.54 Å². The van der Waals surface area contributed by atoms with Gasteiger partial charge in [-0.1, -0.05) is 18.2 Å². The number of pyridine rings is 1. The van der Waals surface area contributed by atoms with Gasteiger partial charge in [0.1, 0.15) is 5.82 Å². The molecule has 0 spiro atoms. The molecule has 0 atom stereocenters. The molecule has 0 fully saturated rings. The summed E-state index contributed by atoms with van der Waals surface area (Å²) in [5, 5.41) is 13.8. The van der Waals surface area contributed by atoms with Crippen molar-refractivity contribution in [3.8, 4) is 0 Å². The molecule has 0 bridgehead atoms. The van der Waals surface area contributed by atoms with Gasteiger partial charge in [-0.05, 0) is 29.3 Å². The molecule has 3 heterocycles. The SMILES string of the molecule is O=C(O)c1nn(Cc2ccc(F)cc2)c2c1CN(C(=O)Cc1cccnc1)CC2. The summed E-state index contributed by atoms with van der Waals surface area (Å²) in [7, 11) is 0. The van der Waals surface area contributed by atoms with Crippen molar-refractivity contribution in [1.29, 1.82) is 0 Å². The number of benzene rings is 1. The quantitative estimate of drug-likeness (QED) is 0.717. The van der Waals surface area contributed by atoms with Crippen LogP contribution in [0.5, 0.6) is 0 Å². The first-order chi connectivity index (χ1) is 14.0. The Labute approximate surface area is 166 Å². The van der Waals surface area contributed by atoms with Gasteiger partial charge >= 0.3 is 5.97 Å². The molecule has 0 radical (unpaired) electrons. The van der Waals surface area contributed by atoms with Crippen molar-refractivity contribution in [3.63, 3.8) is 0 Å². The Kier molecular flexibility index (Phi) is 5.07. The number of halogens is 1. The van der Waals surface area contributed by atoms with E-state index in [1.807, 2.05) is 6.07 Å². The molecule has 29 heavy (non-hydrogen) atoms. The molecule has 0 unspecified atom stereocenters. The van der Waals surface area contributed by atoms with Crippen LogP contribution in [0.15, 0.2) is 48.8 Å². The van der Waals surface area contributed by atoms with Crippen molar-refractivity contribution in [1.82, 2.24) is 19.7 Å². The number of aromatic carboxylic acids is 1. The Morgan fingerprint density at radius 2 is 1.93 bits per heavy atom. The number of carbonyl (C=O) groups excluding carboxylic acids is 1. The fraction of sp³-hybridized carbons (Fsp3) is 0.238. The Morgan fingerprint density at radius 3 is 2.62 bits per heavy atom. The molecular formula is C21H19FN4O3. The number of carbonyl (C=O) groups is 2. The molecule has 1 aromatic carbocycles.